The SMILES string of the molecule is CC/C=C\C/C=C\C/C=C\C/C=C\C/C=C\C/C=C\C/C=C\C/C=C\CCCCCCCCCCC(=O)OC(COC(=O)CCCCCCCCCCCCCCCCC/C=C\C/C=C\CCCCCCC)COC(OCC[N+](C)(C)C)C(=O)O. The number of carbonyl (C=O) groups is 3. The fraction of sp³-hybridized carbons (Fsp3) is 0.697. The van der Waals surface area contributed by atoms with Crippen molar-refractivity contribution in [2.24, 2.45) is 0 Å². The number of nitrogens with zero attached hydrogens (tertiary/aromatic N) is 1. The number of carboxylic acid groups (broad SMARTS) is 1. The number of allylic oxidation sites excluding steroid dienone is 20. The second-order valence-electron chi connectivity index (χ2n) is 24.1. The van der Waals surface area contributed by atoms with Crippen molar-refractivity contribution in [3.05, 3.63) is 122 Å². The summed E-state index contributed by atoms with van der Waals surface area (Å²) >= 11 is 0. The molecule has 2 unspecified atom stereocenters. The lowest BCUT2D eigenvalue weighted by atomic mass is 10.0. The Balaban J connectivity index is 4.19. The lowest BCUT2D eigenvalue weighted by Gasteiger charge is -2.25. The Kier molecular flexibility index (Phi) is 62.3. The van der Waals surface area contributed by atoms with Crippen molar-refractivity contribution in [1.29, 1.82) is 0 Å². The number of carboxylic acids is 1. The number of ether oxygens (including phenoxy) is 4. The molecular weight excluding hydrogens is 1050 g/mol. The van der Waals surface area contributed by atoms with E-state index in [-0.39, 0.29) is 32.2 Å². The average molecular weight is 1190 g/mol. The largest absolute Gasteiger partial charge is 0.477 e. The van der Waals surface area contributed by atoms with Gasteiger partial charge >= 0.3 is 17.9 Å². The van der Waals surface area contributed by atoms with Gasteiger partial charge in [-0.05, 0) is 109 Å². The lowest BCUT2D eigenvalue weighted by Crippen LogP contribution is -2.40. The van der Waals surface area contributed by atoms with Gasteiger partial charge in [0, 0.05) is 12.8 Å². The van der Waals surface area contributed by atoms with Crippen LogP contribution < -0.4 is 0 Å². The Hall–Kier alpha value is -4.31. The van der Waals surface area contributed by atoms with E-state index < -0.39 is 24.3 Å². The third-order valence-electron chi connectivity index (χ3n) is 14.7. The van der Waals surface area contributed by atoms with Crippen LogP contribution in [0.4, 0.5) is 0 Å². The second-order valence-corrected chi connectivity index (χ2v) is 24.1. The maximum absolute atomic E-state index is 12.9. The third kappa shape index (κ3) is 67.1. The van der Waals surface area contributed by atoms with Gasteiger partial charge in [-0.3, -0.25) is 9.59 Å². The van der Waals surface area contributed by atoms with Crippen LogP contribution >= 0.6 is 0 Å². The molecule has 0 amide bonds. The number of rotatable bonds is 63. The summed E-state index contributed by atoms with van der Waals surface area (Å²) in [5.41, 5.74) is 0. The first-order valence-corrected chi connectivity index (χ1v) is 34.7. The molecule has 0 saturated carbocycles. The Bertz CT molecular complexity index is 1810. The van der Waals surface area contributed by atoms with Crippen LogP contribution in [0.25, 0.3) is 0 Å². The van der Waals surface area contributed by atoms with E-state index in [1.807, 2.05) is 21.1 Å². The molecule has 0 aliphatic carbocycles. The zero-order valence-electron chi connectivity index (χ0n) is 55.5. The zero-order chi connectivity index (χ0) is 61.9. The summed E-state index contributed by atoms with van der Waals surface area (Å²) in [6.45, 7) is 4.76. The molecule has 0 aromatic carbocycles. The number of unbranched alkanes of at least 4 members (excludes halogenated alkanes) is 28. The lowest BCUT2D eigenvalue weighted by molar-refractivity contribution is -0.870. The molecule has 0 fully saturated rings. The summed E-state index contributed by atoms with van der Waals surface area (Å²) in [5, 5.41) is 9.75. The van der Waals surface area contributed by atoms with E-state index in [1.54, 1.807) is 0 Å². The molecule has 0 heterocycles. The fourth-order valence-corrected chi connectivity index (χ4v) is 9.41. The monoisotopic (exact) mass is 1180 g/mol. The Labute approximate surface area is 523 Å². The first-order valence-electron chi connectivity index (χ1n) is 34.7. The van der Waals surface area contributed by atoms with Crippen LogP contribution in [0.1, 0.15) is 284 Å². The Morgan fingerprint density at radius 3 is 1.00 bits per heavy atom. The molecule has 1 N–H and O–H groups in total. The molecule has 0 saturated heterocycles. The van der Waals surface area contributed by atoms with Crippen molar-refractivity contribution in [3.8, 4) is 0 Å². The van der Waals surface area contributed by atoms with Crippen LogP contribution in [0.3, 0.4) is 0 Å². The second kappa shape index (κ2) is 65.7. The van der Waals surface area contributed by atoms with Crippen molar-refractivity contribution < 1.29 is 42.9 Å². The van der Waals surface area contributed by atoms with Gasteiger partial charge in [0.2, 0.25) is 0 Å². The summed E-state index contributed by atoms with van der Waals surface area (Å²) in [6.07, 6.45) is 90.1. The van der Waals surface area contributed by atoms with E-state index in [1.165, 1.54) is 148 Å². The van der Waals surface area contributed by atoms with Gasteiger partial charge in [-0.15, -0.1) is 0 Å². The van der Waals surface area contributed by atoms with Gasteiger partial charge in [-0.25, -0.2) is 4.79 Å². The number of aliphatic carboxylic acids is 1. The maximum Gasteiger partial charge on any atom is 0.361 e. The maximum atomic E-state index is 12.9. The molecule has 85 heavy (non-hydrogen) atoms. The first-order chi connectivity index (χ1) is 41.6. The third-order valence-corrected chi connectivity index (χ3v) is 14.7. The quantitative estimate of drug-likeness (QED) is 0.0211. The number of hydrogen-bond acceptors (Lipinski definition) is 7. The summed E-state index contributed by atoms with van der Waals surface area (Å²) in [7, 11) is 5.97. The normalized spacial score (nSPS) is 13.5. The smallest absolute Gasteiger partial charge is 0.361 e. The summed E-state index contributed by atoms with van der Waals surface area (Å²) in [6, 6.07) is 0. The van der Waals surface area contributed by atoms with Crippen molar-refractivity contribution in [1.82, 2.24) is 0 Å². The van der Waals surface area contributed by atoms with Gasteiger partial charge in [0.25, 0.3) is 6.29 Å². The van der Waals surface area contributed by atoms with E-state index in [0.29, 0.717) is 23.9 Å². The number of hydrogen-bond donors (Lipinski definition) is 1. The highest BCUT2D eigenvalue weighted by atomic mass is 16.7. The molecule has 9 heteroatoms. The van der Waals surface area contributed by atoms with Crippen LogP contribution in [-0.2, 0) is 33.3 Å². The standard InChI is InChI=1S/C76H129NO8/c1-6-8-10-12-14-16-18-20-22-24-26-28-30-32-34-35-36-37-38-39-41-43-45-47-49-51-53-55-57-59-61-63-65-67-74(79)85-72(71-84-76(75(80)81)82-69-68-77(3,4)5)70-83-73(78)66-64-62-60-58-56-54-52-50-48-46-44-42-40-33-31-29-27-25-23-21-19-17-15-13-11-9-7-2/h8,10,14,16,19-22,25-28,32,34,36-37,39,41,45,47,72,76H,6-7,9,11-13,15,17-18,23-24,29-31,33,35,38,40,42-44,46,48-71H2,1-5H3/p+1/b10-8-,16-14-,21-19-,22-20-,27-25-,28-26-,34-32-,37-36-,41-39-,47-45-. The highest BCUT2D eigenvalue weighted by Gasteiger charge is 2.25. The van der Waals surface area contributed by atoms with E-state index in [9.17, 15) is 19.5 Å². The molecule has 2 atom stereocenters. The molecule has 0 rings (SSSR count). The van der Waals surface area contributed by atoms with Crippen LogP contribution in [0.5, 0.6) is 0 Å². The molecule has 0 aromatic rings. The molecule has 486 valence electrons. The molecule has 0 aromatic heterocycles. The van der Waals surface area contributed by atoms with Crippen molar-refractivity contribution in [2.45, 2.75) is 296 Å². The average Bonchev–Trinajstić information content (AvgIpc) is 3.49. The van der Waals surface area contributed by atoms with Crippen LogP contribution in [-0.4, -0.2) is 87.4 Å². The summed E-state index contributed by atoms with van der Waals surface area (Å²) in [4.78, 5) is 37.6. The minimum atomic E-state index is -1.52. The van der Waals surface area contributed by atoms with Crippen LogP contribution in [0, 0.1) is 0 Å². The predicted molar refractivity (Wildman–Crippen MR) is 364 cm³/mol. The highest BCUT2D eigenvalue weighted by molar-refractivity contribution is 5.71. The van der Waals surface area contributed by atoms with Gasteiger partial charge in [-0.1, -0.05) is 283 Å². The zero-order valence-corrected chi connectivity index (χ0v) is 55.5. The summed E-state index contributed by atoms with van der Waals surface area (Å²) < 4.78 is 23.0. The van der Waals surface area contributed by atoms with Crippen LogP contribution in [0.15, 0.2) is 122 Å². The number of likely N-dealkylation sites (N-methyl/N-ethyl adjacent to an activating group) is 1. The molecule has 0 bridgehead atoms. The van der Waals surface area contributed by atoms with Gasteiger partial charge in [-0.2, -0.15) is 0 Å². The topological polar surface area (TPSA) is 108 Å². The summed E-state index contributed by atoms with van der Waals surface area (Å²) in [5.74, 6) is -2.02. The molecule has 0 spiro atoms. The molecule has 9 nitrogen and oxygen atoms in total. The number of esters is 2. The first kappa shape index (κ1) is 80.7. The van der Waals surface area contributed by atoms with Gasteiger partial charge in [0.1, 0.15) is 13.2 Å². The van der Waals surface area contributed by atoms with Gasteiger partial charge in [0.05, 0.1) is 34.4 Å². The molecular formula is C76H130NO8+. The molecule has 0 radical (unpaired) electrons. The minimum Gasteiger partial charge on any atom is -0.477 e. The van der Waals surface area contributed by atoms with E-state index in [0.717, 1.165) is 103 Å². The van der Waals surface area contributed by atoms with E-state index >= 15 is 0 Å². The highest BCUT2D eigenvalue weighted by Crippen LogP contribution is 2.17. The molecule has 0 aliphatic rings. The van der Waals surface area contributed by atoms with E-state index in [2.05, 4.69) is 135 Å². The number of carbonyl (C=O) groups excluding carboxylic acids is 2. The van der Waals surface area contributed by atoms with Crippen LogP contribution in [0.2, 0.25) is 0 Å². The fourth-order valence-electron chi connectivity index (χ4n) is 9.41. The molecule has 0 aliphatic heterocycles. The van der Waals surface area contributed by atoms with E-state index in [4.69, 9.17) is 18.9 Å². The van der Waals surface area contributed by atoms with Gasteiger partial charge in [0.15, 0.2) is 6.10 Å². The van der Waals surface area contributed by atoms with Crippen molar-refractivity contribution in [2.75, 3.05) is 47.5 Å². The minimum absolute atomic E-state index is 0.181. The number of quaternary nitrogens is 1. The Morgan fingerprint density at radius 1 is 0.365 bits per heavy atom. The van der Waals surface area contributed by atoms with Crippen molar-refractivity contribution >= 4 is 17.9 Å². The van der Waals surface area contributed by atoms with Crippen molar-refractivity contribution in [3.63, 3.8) is 0 Å². The predicted octanol–water partition coefficient (Wildman–Crippen LogP) is 21.6. The Morgan fingerprint density at radius 2 is 0.671 bits per heavy atom. The van der Waals surface area contributed by atoms with Gasteiger partial charge < -0.3 is 28.5 Å².